The highest BCUT2D eigenvalue weighted by atomic mass is 32.2. The van der Waals surface area contributed by atoms with Gasteiger partial charge in [-0.25, -0.2) is 0 Å². The van der Waals surface area contributed by atoms with Gasteiger partial charge in [-0.1, -0.05) is 25.1 Å². The first-order chi connectivity index (χ1) is 16.0. The molecular weight excluding hydrogens is 458 g/mol. The molecule has 1 heterocycles. The fourth-order valence-corrected chi connectivity index (χ4v) is 6.77. The second-order valence-electron chi connectivity index (χ2n) is 8.71. The van der Waals surface area contributed by atoms with Gasteiger partial charge in [0.1, 0.15) is 0 Å². The second-order valence-corrected chi connectivity index (χ2v) is 10.4. The number of hydrogen-bond donors (Lipinski definition) is 2. The number of ether oxygens (including phenoxy) is 3. The first-order valence-corrected chi connectivity index (χ1v) is 12.6. The second kappa shape index (κ2) is 9.56. The topological polar surface area (TPSA) is 111 Å². The van der Waals surface area contributed by atoms with Crippen LogP contribution in [0.25, 0.3) is 0 Å². The number of aryl methyl sites for hydroxylation is 2. The van der Waals surface area contributed by atoms with Crippen molar-refractivity contribution in [1.82, 2.24) is 5.32 Å². The van der Waals surface area contributed by atoms with Crippen LogP contribution in [-0.2, 0) is 15.5 Å². The summed E-state index contributed by atoms with van der Waals surface area (Å²) >= 11 is 0. The summed E-state index contributed by atoms with van der Waals surface area (Å²) in [5.41, 5.74) is 1.58. The number of nitrogens with one attached hydrogen (secondary N) is 1. The summed E-state index contributed by atoms with van der Waals surface area (Å²) in [4.78, 5) is 14.3. The Morgan fingerprint density at radius 2 is 1.68 bits per heavy atom. The molecule has 8 nitrogen and oxygen atoms in total. The third-order valence-corrected chi connectivity index (χ3v) is 8.97. The van der Waals surface area contributed by atoms with Crippen LogP contribution < -0.4 is 19.5 Å². The minimum atomic E-state index is -4.89. The van der Waals surface area contributed by atoms with Gasteiger partial charge in [-0.05, 0) is 62.1 Å². The number of ketones is 1. The molecule has 0 aliphatic carbocycles. The lowest BCUT2D eigenvalue weighted by atomic mass is 9.64. The van der Waals surface area contributed by atoms with Gasteiger partial charge in [0.25, 0.3) is 10.1 Å². The van der Waals surface area contributed by atoms with Crippen molar-refractivity contribution in [3.8, 4) is 17.2 Å². The minimum absolute atomic E-state index is 0.0454. The number of rotatable bonds is 9. The van der Waals surface area contributed by atoms with Crippen LogP contribution in [-0.4, -0.2) is 57.9 Å². The standard InChI is InChI=1S/C25H33NO7S/c1-7-25(34(28,29)30,23(27)18-13-20(31-4)22(33-6)21(14-18)32-5)24(10-11-26-15-24)19-9-8-16(2)17(3)12-19/h8-9,12-14,26H,7,10-11,15H2,1-6H3,(H,28,29,30). The Labute approximate surface area is 201 Å². The Morgan fingerprint density at radius 3 is 2.09 bits per heavy atom. The highest BCUT2D eigenvalue weighted by Crippen LogP contribution is 2.50. The normalized spacial score (nSPS) is 20.0. The molecule has 0 saturated carbocycles. The minimum Gasteiger partial charge on any atom is -0.493 e. The van der Waals surface area contributed by atoms with E-state index in [4.69, 9.17) is 14.2 Å². The number of carbonyl (C=O) groups is 1. The molecule has 1 aliphatic heterocycles. The first kappa shape index (κ1) is 26.0. The lowest BCUT2D eigenvalue weighted by molar-refractivity contribution is 0.0868. The summed E-state index contributed by atoms with van der Waals surface area (Å²) in [5, 5.41) is 3.23. The molecule has 0 aromatic heterocycles. The predicted molar refractivity (Wildman–Crippen MR) is 130 cm³/mol. The zero-order valence-electron chi connectivity index (χ0n) is 20.5. The van der Waals surface area contributed by atoms with Crippen LogP contribution in [0.1, 0.15) is 46.8 Å². The van der Waals surface area contributed by atoms with Gasteiger partial charge in [0.2, 0.25) is 5.75 Å². The van der Waals surface area contributed by atoms with Crippen molar-refractivity contribution in [2.75, 3.05) is 34.4 Å². The molecule has 1 saturated heterocycles. The molecule has 9 heteroatoms. The smallest absolute Gasteiger partial charge is 0.279 e. The van der Waals surface area contributed by atoms with E-state index >= 15 is 0 Å². The summed E-state index contributed by atoms with van der Waals surface area (Å²) in [6, 6.07) is 8.54. The lowest BCUT2D eigenvalue weighted by Gasteiger charge is -2.45. The van der Waals surface area contributed by atoms with E-state index in [2.05, 4.69) is 5.32 Å². The largest absolute Gasteiger partial charge is 0.493 e. The van der Waals surface area contributed by atoms with Crippen molar-refractivity contribution in [1.29, 1.82) is 0 Å². The molecular formula is C25H33NO7S. The van der Waals surface area contributed by atoms with E-state index in [0.29, 0.717) is 18.5 Å². The van der Waals surface area contributed by atoms with Crippen LogP contribution in [0.3, 0.4) is 0 Å². The summed E-state index contributed by atoms with van der Waals surface area (Å²) in [6.07, 6.45) is 0.231. The summed E-state index contributed by atoms with van der Waals surface area (Å²) in [6.45, 7) is 6.25. The SMILES string of the molecule is CCC(C(=O)c1cc(OC)c(OC)c(OC)c1)(C1(c2ccc(C)c(C)c2)CCNC1)S(=O)(=O)O. The van der Waals surface area contributed by atoms with Crippen molar-refractivity contribution in [2.24, 2.45) is 0 Å². The highest BCUT2D eigenvalue weighted by molar-refractivity contribution is 7.88. The van der Waals surface area contributed by atoms with Crippen LogP contribution in [0.15, 0.2) is 30.3 Å². The van der Waals surface area contributed by atoms with E-state index in [-0.39, 0.29) is 35.8 Å². The Kier molecular flexibility index (Phi) is 7.31. The van der Waals surface area contributed by atoms with Gasteiger partial charge in [-0.3, -0.25) is 9.35 Å². The van der Waals surface area contributed by atoms with Crippen LogP contribution in [0.5, 0.6) is 17.2 Å². The molecule has 2 unspecified atom stereocenters. The van der Waals surface area contributed by atoms with Gasteiger partial charge in [-0.15, -0.1) is 0 Å². The molecule has 2 N–H and O–H groups in total. The zero-order valence-corrected chi connectivity index (χ0v) is 21.3. The van der Waals surface area contributed by atoms with Gasteiger partial charge in [-0.2, -0.15) is 8.42 Å². The van der Waals surface area contributed by atoms with Crippen LogP contribution in [0.4, 0.5) is 0 Å². The van der Waals surface area contributed by atoms with E-state index in [9.17, 15) is 17.8 Å². The van der Waals surface area contributed by atoms with E-state index in [1.54, 1.807) is 6.92 Å². The average Bonchev–Trinajstić information content (AvgIpc) is 3.30. The molecule has 2 aromatic rings. The van der Waals surface area contributed by atoms with Crippen molar-refractivity contribution >= 4 is 15.9 Å². The zero-order chi connectivity index (χ0) is 25.3. The fraction of sp³-hybridized carbons (Fsp3) is 0.480. The number of carbonyl (C=O) groups excluding carboxylic acids is 1. The first-order valence-electron chi connectivity index (χ1n) is 11.1. The van der Waals surface area contributed by atoms with Gasteiger partial charge in [0, 0.05) is 17.5 Å². The molecule has 0 amide bonds. The van der Waals surface area contributed by atoms with Crippen LogP contribution in [0, 0.1) is 13.8 Å². The van der Waals surface area contributed by atoms with E-state index in [0.717, 1.165) is 11.1 Å². The van der Waals surface area contributed by atoms with Crippen molar-refractivity contribution in [3.05, 3.63) is 52.6 Å². The summed E-state index contributed by atoms with van der Waals surface area (Å²) in [7, 11) is -0.623. The highest BCUT2D eigenvalue weighted by Gasteiger charge is 2.65. The van der Waals surface area contributed by atoms with Gasteiger partial charge in [0.05, 0.1) is 21.3 Å². The Balaban J connectivity index is 2.36. The fourth-order valence-electron chi connectivity index (χ4n) is 5.26. The summed E-state index contributed by atoms with van der Waals surface area (Å²) in [5.74, 6) is -0.00812. The number of Topliss-reactive ketones (excluding diaryl/α,β-unsaturated/α-hetero) is 1. The van der Waals surface area contributed by atoms with Gasteiger partial charge in [0.15, 0.2) is 22.0 Å². The predicted octanol–water partition coefficient (Wildman–Crippen LogP) is 3.48. The van der Waals surface area contributed by atoms with Gasteiger partial charge < -0.3 is 19.5 Å². The van der Waals surface area contributed by atoms with E-state index in [1.165, 1.54) is 33.5 Å². The molecule has 186 valence electrons. The average molecular weight is 492 g/mol. The molecule has 2 atom stereocenters. The number of hydrogen-bond acceptors (Lipinski definition) is 7. The number of methoxy groups -OCH3 is 3. The van der Waals surface area contributed by atoms with Crippen LogP contribution >= 0.6 is 0 Å². The molecule has 2 aromatic carbocycles. The Morgan fingerprint density at radius 1 is 1.06 bits per heavy atom. The van der Waals surface area contributed by atoms with Crippen molar-refractivity contribution in [3.63, 3.8) is 0 Å². The van der Waals surface area contributed by atoms with Gasteiger partial charge >= 0.3 is 0 Å². The molecule has 0 bridgehead atoms. The molecule has 0 spiro atoms. The molecule has 1 aliphatic rings. The van der Waals surface area contributed by atoms with Crippen molar-refractivity contribution in [2.45, 2.75) is 43.8 Å². The quantitative estimate of drug-likeness (QED) is 0.405. The maximum Gasteiger partial charge on any atom is 0.279 e. The molecule has 3 rings (SSSR count). The summed E-state index contributed by atoms with van der Waals surface area (Å²) < 4.78 is 51.3. The molecule has 34 heavy (non-hydrogen) atoms. The van der Waals surface area contributed by atoms with Crippen molar-refractivity contribution < 1.29 is 32.0 Å². The molecule has 1 fully saturated rings. The molecule has 0 radical (unpaired) electrons. The third-order valence-electron chi connectivity index (χ3n) is 7.22. The van der Waals surface area contributed by atoms with E-state index < -0.39 is 26.1 Å². The van der Waals surface area contributed by atoms with E-state index in [1.807, 2.05) is 32.0 Å². The maximum absolute atomic E-state index is 14.3. The maximum atomic E-state index is 14.3. The van der Waals surface area contributed by atoms with Crippen LogP contribution in [0.2, 0.25) is 0 Å². The Bertz CT molecular complexity index is 1160. The monoisotopic (exact) mass is 491 g/mol. The lowest BCUT2D eigenvalue weighted by Crippen LogP contribution is -2.62. The third kappa shape index (κ3) is 3.85. The number of benzene rings is 2. The Hall–Kier alpha value is -2.62.